The third-order valence-electron chi connectivity index (χ3n) is 4.74. The number of pyridine rings is 1. The standard InChI is InChI=1S/C23H20Cl2N2O4/c1-12(2)30-23(28)31-22-17(11-29-3)21-16-8-13(15-6-5-14(24)9-18(15)25)4-7-19(16)27-20(21)10-26-22/h4-10,12,27H,11H2,1-3H3. The molecule has 4 rings (SSSR count). The topological polar surface area (TPSA) is 73.4 Å². The zero-order valence-corrected chi connectivity index (χ0v) is 18.7. The van der Waals surface area contributed by atoms with Crippen molar-refractivity contribution in [2.24, 2.45) is 0 Å². The van der Waals surface area contributed by atoms with Crippen LogP contribution in [0.2, 0.25) is 10.0 Å². The maximum atomic E-state index is 12.1. The number of rotatable bonds is 5. The van der Waals surface area contributed by atoms with Crippen molar-refractivity contribution in [2.75, 3.05) is 7.11 Å². The number of hydrogen-bond donors (Lipinski definition) is 1. The molecule has 2 aromatic heterocycles. The van der Waals surface area contributed by atoms with Crippen LogP contribution in [0.4, 0.5) is 4.79 Å². The Bertz CT molecular complexity index is 1280. The van der Waals surface area contributed by atoms with Gasteiger partial charge >= 0.3 is 6.16 Å². The van der Waals surface area contributed by atoms with E-state index in [0.717, 1.165) is 32.9 Å². The molecule has 0 aliphatic heterocycles. The number of carbonyl (C=O) groups is 1. The quantitative estimate of drug-likeness (QED) is 0.334. The highest BCUT2D eigenvalue weighted by Crippen LogP contribution is 2.37. The number of aromatic nitrogens is 2. The van der Waals surface area contributed by atoms with Crippen molar-refractivity contribution in [1.29, 1.82) is 0 Å². The highest BCUT2D eigenvalue weighted by Gasteiger charge is 2.19. The Morgan fingerprint density at radius 3 is 2.65 bits per heavy atom. The molecule has 1 N–H and O–H groups in total. The Morgan fingerprint density at radius 2 is 1.94 bits per heavy atom. The van der Waals surface area contributed by atoms with E-state index in [1.807, 2.05) is 24.3 Å². The van der Waals surface area contributed by atoms with Gasteiger partial charge in [0.05, 0.1) is 30.0 Å². The van der Waals surface area contributed by atoms with Gasteiger partial charge < -0.3 is 19.2 Å². The lowest BCUT2D eigenvalue weighted by Gasteiger charge is -2.12. The molecule has 6 nitrogen and oxygen atoms in total. The summed E-state index contributed by atoms with van der Waals surface area (Å²) in [5.41, 5.74) is 4.14. The highest BCUT2D eigenvalue weighted by molar-refractivity contribution is 6.36. The lowest BCUT2D eigenvalue weighted by atomic mass is 10.0. The molecule has 2 aromatic carbocycles. The summed E-state index contributed by atoms with van der Waals surface area (Å²) in [4.78, 5) is 19.7. The number of nitrogens with zero attached hydrogens (tertiary/aromatic N) is 1. The summed E-state index contributed by atoms with van der Waals surface area (Å²) >= 11 is 12.5. The lowest BCUT2D eigenvalue weighted by molar-refractivity contribution is 0.0705. The average Bonchev–Trinajstić information content (AvgIpc) is 3.07. The molecule has 0 bridgehead atoms. The monoisotopic (exact) mass is 458 g/mol. The second-order valence-electron chi connectivity index (χ2n) is 7.29. The maximum Gasteiger partial charge on any atom is 0.515 e. The Morgan fingerprint density at radius 1 is 1.13 bits per heavy atom. The van der Waals surface area contributed by atoms with Crippen LogP contribution < -0.4 is 4.74 Å². The van der Waals surface area contributed by atoms with Gasteiger partial charge in [-0.15, -0.1) is 0 Å². The molecule has 31 heavy (non-hydrogen) atoms. The van der Waals surface area contributed by atoms with E-state index in [0.29, 0.717) is 15.6 Å². The number of H-pyrrole nitrogens is 1. The van der Waals surface area contributed by atoms with Gasteiger partial charge in [0.25, 0.3) is 0 Å². The van der Waals surface area contributed by atoms with Crippen LogP contribution in [0.5, 0.6) is 5.88 Å². The SMILES string of the molecule is COCc1c(OC(=O)OC(C)C)ncc2[nH]c3ccc(-c4ccc(Cl)cc4Cl)cc3c12. The van der Waals surface area contributed by atoms with Crippen molar-refractivity contribution in [3.63, 3.8) is 0 Å². The summed E-state index contributed by atoms with van der Waals surface area (Å²) < 4.78 is 15.9. The molecule has 0 amide bonds. The van der Waals surface area contributed by atoms with Crippen LogP contribution in [0.3, 0.4) is 0 Å². The van der Waals surface area contributed by atoms with Crippen molar-refractivity contribution >= 4 is 51.2 Å². The van der Waals surface area contributed by atoms with Gasteiger partial charge in [0, 0.05) is 39.0 Å². The minimum atomic E-state index is -0.812. The molecule has 0 spiro atoms. The number of benzene rings is 2. The molecule has 0 atom stereocenters. The van der Waals surface area contributed by atoms with Crippen molar-refractivity contribution in [1.82, 2.24) is 9.97 Å². The van der Waals surface area contributed by atoms with Gasteiger partial charge in [0.1, 0.15) is 0 Å². The Hall–Kier alpha value is -2.80. The molecule has 8 heteroatoms. The van der Waals surface area contributed by atoms with Crippen LogP contribution in [-0.4, -0.2) is 29.3 Å². The number of carbonyl (C=O) groups excluding carboxylic acids is 1. The zero-order valence-electron chi connectivity index (χ0n) is 17.2. The Kier molecular flexibility index (Phi) is 6.05. The van der Waals surface area contributed by atoms with E-state index in [1.54, 1.807) is 39.3 Å². The van der Waals surface area contributed by atoms with Gasteiger partial charge in [0.2, 0.25) is 5.88 Å². The largest absolute Gasteiger partial charge is 0.515 e. The summed E-state index contributed by atoms with van der Waals surface area (Å²) in [7, 11) is 1.57. The fourth-order valence-corrected chi connectivity index (χ4v) is 4.01. The first kappa shape index (κ1) is 21.4. The molecular weight excluding hydrogens is 439 g/mol. The summed E-state index contributed by atoms with van der Waals surface area (Å²) in [6.07, 6.45) is 0.510. The van der Waals surface area contributed by atoms with E-state index in [4.69, 9.17) is 37.4 Å². The van der Waals surface area contributed by atoms with Gasteiger partial charge in [-0.1, -0.05) is 35.3 Å². The average molecular weight is 459 g/mol. The maximum absolute atomic E-state index is 12.1. The molecule has 0 unspecified atom stereocenters. The normalized spacial score (nSPS) is 11.4. The first-order valence-electron chi connectivity index (χ1n) is 9.63. The first-order chi connectivity index (χ1) is 14.9. The smallest absolute Gasteiger partial charge is 0.431 e. The van der Waals surface area contributed by atoms with Crippen LogP contribution in [0.25, 0.3) is 32.9 Å². The second kappa shape index (κ2) is 8.75. The lowest BCUT2D eigenvalue weighted by Crippen LogP contribution is -2.17. The molecule has 0 aliphatic rings. The molecule has 0 saturated heterocycles. The predicted octanol–water partition coefficient (Wildman–Crippen LogP) is 6.76. The zero-order chi connectivity index (χ0) is 22.1. The van der Waals surface area contributed by atoms with Crippen LogP contribution >= 0.6 is 23.2 Å². The van der Waals surface area contributed by atoms with Crippen molar-refractivity contribution in [3.8, 4) is 17.0 Å². The number of aromatic amines is 1. The molecule has 0 saturated carbocycles. The van der Waals surface area contributed by atoms with Gasteiger partial charge in [0.15, 0.2) is 0 Å². The van der Waals surface area contributed by atoms with Crippen LogP contribution in [0.15, 0.2) is 42.6 Å². The minimum Gasteiger partial charge on any atom is -0.431 e. The van der Waals surface area contributed by atoms with E-state index in [1.165, 1.54) is 0 Å². The Labute approximate surface area is 189 Å². The number of nitrogens with one attached hydrogen (secondary N) is 1. The molecule has 4 aromatic rings. The number of ether oxygens (including phenoxy) is 3. The van der Waals surface area contributed by atoms with Gasteiger partial charge in [-0.2, -0.15) is 0 Å². The van der Waals surface area contributed by atoms with E-state index in [-0.39, 0.29) is 18.6 Å². The van der Waals surface area contributed by atoms with Crippen LogP contribution in [0.1, 0.15) is 19.4 Å². The van der Waals surface area contributed by atoms with Gasteiger partial charge in [-0.25, -0.2) is 9.78 Å². The molecule has 2 heterocycles. The second-order valence-corrected chi connectivity index (χ2v) is 8.14. The molecule has 0 aliphatic carbocycles. The van der Waals surface area contributed by atoms with Crippen LogP contribution in [-0.2, 0) is 16.1 Å². The fourth-order valence-electron chi connectivity index (χ4n) is 3.50. The minimum absolute atomic E-state index is 0.149. The highest BCUT2D eigenvalue weighted by atomic mass is 35.5. The summed E-state index contributed by atoms with van der Waals surface area (Å²) in [5, 5.41) is 2.91. The van der Waals surface area contributed by atoms with Crippen molar-refractivity contribution in [2.45, 2.75) is 26.6 Å². The molecule has 0 fully saturated rings. The fraction of sp³-hybridized carbons (Fsp3) is 0.217. The van der Waals surface area contributed by atoms with Crippen molar-refractivity contribution in [3.05, 3.63) is 58.2 Å². The van der Waals surface area contributed by atoms with Crippen LogP contribution in [0, 0.1) is 0 Å². The van der Waals surface area contributed by atoms with Crippen molar-refractivity contribution < 1.29 is 19.0 Å². The van der Waals surface area contributed by atoms with Gasteiger partial charge in [-0.05, 0) is 43.7 Å². The molecular formula is C23H20Cl2N2O4. The third kappa shape index (κ3) is 4.32. The van der Waals surface area contributed by atoms with E-state index in [9.17, 15) is 4.79 Å². The summed E-state index contributed by atoms with van der Waals surface area (Å²) in [6.45, 7) is 3.70. The number of halogens is 2. The number of fused-ring (bicyclic) bond motifs is 3. The first-order valence-corrected chi connectivity index (χ1v) is 10.4. The summed E-state index contributed by atoms with van der Waals surface area (Å²) in [6, 6.07) is 11.4. The third-order valence-corrected chi connectivity index (χ3v) is 5.29. The van der Waals surface area contributed by atoms with Gasteiger partial charge in [-0.3, -0.25) is 0 Å². The number of methoxy groups -OCH3 is 1. The van der Waals surface area contributed by atoms with E-state index >= 15 is 0 Å². The Balaban J connectivity index is 1.88. The number of hydrogen-bond acceptors (Lipinski definition) is 5. The summed E-state index contributed by atoms with van der Waals surface area (Å²) in [5.74, 6) is 0.149. The molecule has 0 radical (unpaired) electrons. The van der Waals surface area contributed by atoms with E-state index < -0.39 is 6.16 Å². The predicted molar refractivity (Wildman–Crippen MR) is 122 cm³/mol. The van der Waals surface area contributed by atoms with E-state index in [2.05, 4.69) is 9.97 Å². The molecule has 160 valence electrons.